The molecule has 0 aliphatic carbocycles. The summed E-state index contributed by atoms with van der Waals surface area (Å²) in [5, 5.41) is 9.94. The molecule has 0 atom stereocenters. The lowest BCUT2D eigenvalue weighted by Crippen LogP contribution is -2.04. The molecule has 0 saturated heterocycles. The van der Waals surface area contributed by atoms with Crippen LogP contribution in [0.1, 0.15) is 5.56 Å². The summed E-state index contributed by atoms with van der Waals surface area (Å²) in [6.07, 6.45) is 0. The molecule has 2 aromatic rings. The second kappa shape index (κ2) is 4.26. The molecule has 2 rings (SSSR count). The summed E-state index contributed by atoms with van der Waals surface area (Å²) in [6.45, 7) is -2.97. The minimum Gasteiger partial charge on any atom is -0.433 e. The molecule has 2 aromatic carbocycles. The Labute approximate surface area is 96.0 Å². The maximum atomic E-state index is 12.3. The van der Waals surface area contributed by atoms with Gasteiger partial charge in [-0.25, -0.2) is 0 Å². The Morgan fingerprint density at radius 2 is 2.00 bits per heavy atom. The number of hydrogen-bond acceptors (Lipinski definition) is 3. The van der Waals surface area contributed by atoms with Gasteiger partial charge in [-0.15, -0.1) is 0 Å². The Morgan fingerprint density at radius 3 is 2.65 bits per heavy atom. The summed E-state index contributed by atoms with van der Waals surface area (Å²) >= 11 is 0. The van der Waals surface area contributed by atoms with E-state index < -0.39 is 6.61 Å². The third kappa shape index (κ3) is 2.11. The maximum absolute atomic E-state index is 12.3. The van der Waals surface area contributed by atoms with Gasteiger partial charge in [0.05, 0.1) is 5.56 Å². The molecular formula is C12H8F2N2O. The van der Waals surface area contributed by atoms with Crippen molar-refractivity contribution in [3.63, 3.8) is 0 Å². The number of nitrogens with zero attached hydrogens (tertiary/aromatic N) is 1. The van der Waals surface area contributed by atoms with E-state index in [0.717, 1.165) is 0 Å². The van der Waals surface area contributed by atoms with Crippen molar-refractivity contribution in [3.05, 3.63) is 35.9 Å². The summed E-state index contributed by atoms with van der Waals surface area (Å²) in [5.41, 5.74) is 6.18. The van der Waals surface area contributed by atoms with E-state index in [1.807, 2.05) is 6.07 Å². The van der Waals surface area contributed by atoms with Crippen molar-refractivity contribution < 1.29 is 13.5 Å². The zero-order chi connectivity index (χ0) is 12.4. The highest BCUT2D eigenvalue weighted by Crippen LogP contribution is 2.31. The minimum atomic E-state index is -2.97. The number of hydrogen-bond donors (Lipinski definition) is 1. The van der Waals surface area contributed by atoms with Crippen LogP contribution in [0, 0.1) is 11.3 Å². The number of nitrogens with two attached hydrogens (primary N) is 1. The highest BCUT2D eigenvalue weighted by molar-refractivity contribution is 5.92. The average molecular weight is 234 g/mol. The summed E-state index contributed by atoms with van der Waals surface area (Å²) in [6, 6.07) is 9.65. The summed E-state index contributed by atoms with van der Waals surface area (Å²) in [4.78, 5) is 0. The monoisotopic (exact) mass is 234 g/mol. The topological polar surface area (TPSA) is 59.0 Å². The number of nitriles is 1. The van der Waals surface area contributed by atoms with Gasteiger partial charge < -0.3 is 10.5 Å². The molecule has 17 heavy (non-hydrogen) atoms. The number of rotatable bonds is 2. The van der Waals surface area contributed by atoms with Gasteiger partial charge in [-0.1, -0.05) is 6.07 Å². The van der Waals surface area contributed by atoms with E-state index in [4.69, 9.17) is 11.0 Å². The predicted octanol–water partition coefficient (Wildman–Crippen LogP) is 2.90. The van der Waals surface area contributed by atoms with Gasteiger partial charge in [0.25, 0.3) is 0 Å². The van der Waals surface area contributed by atoms with Crippen LogP contribution in [-0.4, -0.2) is 6.61 Å². The van der Waals surface area contributed by atoms with Gasteiger partial charge in [0, 0.05) is 11.1 Å². The highest BCUT2D eigenvalue weighted by Gasteiger charge is 2.13. The molecule has 5 heteroatoms. The fraction of sp³-hybridized carbons (Fsp3) is 0.0833. The normalized spacial score (nSPS) is 10.5. The molecular weight excluding hydrogens is 226 g/mol. The molecule has 0 bridgehead atoms. The SMILES string of the molecule is N#Cc1ccc2cc(N)ccc2c1OC(F)F. The van der Waals surface area contributed by atoms with E-state index in [-0.39, 0.29) is 11.3 Å². The summed E-state index contributed by atoms with van der Waals surface area (Å²) in [5.74, 6) is -0.111. The number of nitrogen functional groups attached to an aromatic ring is 1. The molecule has 0 aliphatic rings. The van der Waals surface area contributed by atoms with Gasteiger partial charge in [-0.3, -0.25) is 0 Å². The van der Waals surface area contributed by atoms with Crippen LogP contribution in [0.4, 0.5) is 14.5 Å². The molecule has 0 aliphatic heterocycles. The van der Waals surface area contributed by atoms with E-state index in [1.54, 1.807) is 24.3 Å². The van der Waals surface area contributed by atoms with Crippen molar-refractivity contribution in [1.29, 1.82) is 5.26 Å². The van der Waals surface area contributed by atoms with E-state index in [1.165, 1.54) is 6.07 Å². The highest BCUT2D eigenvalue weighted by atomic mass is 19.3. The molecule has 0 unspecified atom stereocenters. The first-order valence-electron chi connectivity index (χ1n) is 4.79. The maximum Gasteiger partial charge on any atom is 0.387 e. The molecule has 0 amide bonds. The Kier molecular flexibility index (Phi) is 2.79. The van der Waals surface area contributed by atoms with E-state index >= 15 is 0 Å². The first-order chi connectivity index (χ1) is 8.11. The quantitative estimate of drug-likeness (QED) is 0.813. The van der Waals surface area contributed by atoms with Crippen LogP contribution in [0.2, 0.25) is 0 Å². The van der Waals surface area contributed by atoms with Crippen LogP contribution >= 0.6 is 0 Å². The van der Waals surface area contributed by atoms with Gasteiger partial charge in [-0.05, 0) is 29.7 Å². The fourth-order valence-corrected chi connectivity index (χ4v) is 1.62. The molecule has 0 saturated carbocycles. The third-order valence-electron chi connectivity index (χ3n) is 2.32. The Balaban J connectivity index is 2.70. The Hall–Kier alpha value is -2.35. The number of halogens is 2. The molecule has 0 heterocycles. The fourth-order valence-electron chi connectivity index (χ4n) is 1.62. The average Bonchev–Trinajstić information content (AvgIpc) is 2.28. The molecule has 0 fully saturated rings. The molecule has 2 N–H and O–H groups in total. The second-order valence-corrected chi connectivity index (χ2v) is 3.41. The van der Waals surface area contributed by atoms with Crippen molar-refractivity contribution in [2.24, 2.45) is 0 Å². The standard InChI is InChI=1S/C12H8F2N2O/c13-12(14)17-11-8(6-15)2-1-7-5-9(16)3-4-10(7)11/h1-5,12H,16H2. The molecule has 0 radical (unpaired) electrons. The van der Waals surface area contributed by atoms with Crippen LogP contribution in [0.5, 0.6) is 5.75 Å². The number of alkyl halides is 2. The largest absolute Gasteiger partial charge is 0.433 e. The smallest absolute Gasteiger partial charge is 0.387 e. The zero-order valence-corrected chi connectivity index (χ0v) is 8.65. The van der Waals surface area contributed by atoms with Crippen molar-refractivity contribution in [2.45, 2.75) is 6.61 Å². The van der Waals surface area contributed by atoms with Gasteiger partial charge >= 0.3 is 6.61 Å². The molecule has 0 spiro atoms. The zero-order valence-electron chi connectivity index (χ0n) is 8.65. The first-order valence-corrected chi connectivity index (χ1v) is 4.79. The lowest BCUT2D eigenvalue weighted by molar-refractivity contribution is -0.0489. The molecule has 86 valence electrons. The Bertz CT molecular complexity index is 605. The van der Waals surface area contributed by atoms with Crippen LogP contribution in [0.15, 0.2) is 30.3 Å². The van der Waals surface area contributed by atoms with Crippen molar-refractivity contribution >= 4 is 16.5 Å². The third-order valence-corrected chi connectivity index (χ3v) is 2.32. The lowest BCUT2D eigenvalue weighted by atomic mass is 10.1. The second-order valence-electron chi connectivity index (χ2n) is 3.41. The van der Waals surface area contributed by atoms with Crippen LogP contribution in [0.3, 0.4) is 0 Å². The number of ether oxygens (including phenoxy) is 1. The molecule has 3 nitrogen and oxygen atoms in total. The van der Waals surface area contributed by atoms with E-state index in [2.05, 4.69) is 4.74 Å². The number of anilines is 1. The van der Waals surface area contributed by atoms with E-state index in [9.17, 15) is 8.78 Å². The predicted molar refractivity (Wildman–Crippen MR) is 59.7 cm³/mol. The van der Waals surface area contributed by atoms with Crippen molar-refractivity contribution in [3.8, 4) is 11.8 Å². The first kappa shape index (κ1) is 11.1. The van der Waals surface area contributed by atoms with E-state index in [0.29, 0.717) is 16.5 Å². The minimum absolute atomic E-state index is 0.0718. The van der Waals surface area contributed by atoms with Gasteiger partial charge in [0.2, 0.25) is 0 Å². The van der Waals surface area contributed by atoms with Gasteiger partial charge in [0.15, 0.2) is 5.75 Å². The van der Waals surface area contributed by atoms with Crippen molar-refractivity contribution in [2.75, 3.05) is 5.73 Å². The van der Waals surface area contributed by atoms with Crippen LogP contribution in [0.25, 0.3) is 10.8 Å². The van der Waals surface area contributed by atoms with Gasteiger partial charge in [-0.2, -0.15) is 14.0 Å². The van der Waals surface area contributed by atoms with Crippen molar-refractivity contribution in [1.82, 2.24) is 0 Å². The summed E-state index contributed by atoms with van der Waals surface area (Å²) < 4.78 is 29.0. The molecule has 0 aromatic heterocycles. The number of benzene rings is 2. The van der Waals surface area contributed by atoms with Gasteiger partial charge in [0.1, 0.15) is 6.07 Å². The van der Waals surface area contributed by atoms with Crippen LogP contribution in [-0.2, 0) is 0 Å². The number of fused-ring (bicyclic) bond motifs is 1. The lowest BCUT2D eigenvalue weighted by Gasteiger charge is -2.10. The van der Waals surface area contributed by atoms with Crippen LogP contribution < -0.4 is 10.5 Å². The summed E-state index contributed by atoms with van der Waals surface area (Å²) in [7, 11) is 0. The Morgan fingerprint density at radius 1 is 1.24 bits per heavy atom.